The van der Waals surface area contributed by atoms with Crippen LogP contribution in [-0.4, -0.2) is 19.6 Å². The molecule has 0 bridgehead atoms. The van der Waals surface area contributed by atoms with Crippen LogP contribution in [0.1, 0.15) is 212 Å². The van der Waals surface area contributed by atoms with Crippen molar-refractivity contribution in [1.29, 1.82) is 0 Å². The van der Waals surface area contributed by atoms with E-state index in [0.717, 1.165) is 12.8 Å². The largest absolute Gasteiger partial charge is 1.00 e. The van der Waals surface area contributed by atoms with Crippen LogP contribution in [0.3, 0.4) is 0 Å². The van der Waals surface area contributed by atoms with Crippen LogP contribution in [0.25, 0.3) is 0 Å². The summed E-state index contributed by atoms with van der Waals surface area (Å²) < 4.78 is 35.2. The van der Waals surface area contributed by atoms with E-state index in [2.05, 4.69) is 11.1 Å². The zero-order valence-corrected chi connectivity index (χ0v) is 31.3. The maximum absolute atomic E-state index is 10.3. The smallest absolute Gasteiger partial charge is 0.726 e. The average Bonchev–Trinajstić information content (AvgIpc) is 2.90. The van der Waals surface area contributed by atoms with E-state index in [4.69, 9.17) is 0 Å². The van der Waals surface area contributed by atoms with Gasteiger partial charge in [-0.15, -0.1) is 0 Å². The molecule has 236 valence electrons. The molecule has 40 heavy (non-hydrogen) atoms. The van der Waals surface area contributed by atoms with Gasteiger partial charge in [0.2, 0.25) is 10.4 Å². The quantitative estimate of drug-likeness (QED) is 0.0315. The van der Waals surface area contributed by atoms with Gasteiger partial charge < -0.3 is 4.55 Å². The first-order valence-electron chi connectivity index (χ1n) is 17.7. The Morgan fingerprint density at radius 2 is 0.550 bits per heavy atom. The third-order valence-electron chi connectivity index (χ3n) is 8.23. The van der Waals surface area contributed by atoms with Crippen molar-refractivity contribution in [2.45, 2.75) is 212 Å². The second-order valence-electron chi connectivity index (χ2n) is 12.2. The van der Waals surface area contributed by atoms with Crippen LogP contribution in [0.5, 0.6) is 0 Å². The first-order valence-corrected chi connectivity index (χ1v) is 19.0. The number of hydrogen-bond donors (Lipinski definition) is 0. The standard InChI is InChI=1S/C34H70O4S.K/c1-2-3-4-5-6-7-8-9-10-11-12-13-14-15-16-17-18-19-20-21-22-23-24-25-26-27-28-29-30-31-32-33-34-38-39(35,36)37;/h2-34H2,1H3,(H,35,36,37);/q;+1/p-1. The Morgan fingerprint density at radius 1 is 0.375 bits per heavy atom. The molecule has 0 amide bonds. The minimum absolute atomic E-state index is 0. The summed E-state index contributed by atoms with van der Waals surface area (Å²) in [5.74, 6) is 0. The Labute approximate surface area is 295 Å². The molecule has 0 aromatic carbocycles. The molecule has 0 saturated heterocycles. The topological polar surface area (TPSA) is 66.4 Å². The molecule has 0 aromatic heterocycles. The summed E-state index contributed by atoms with van der Waals surface area (Å²) in [5, 5.41) is 0. The molecule has 6 heteroatoms. The van der Waals surface area contributed by atoms with Crippen LogP contribution in [0.4, 0.5) is 0 Å². The number of unbranched alkanes of at least 4 members (excludes halogenated alkanes) is 31. The number of hydrogen-bond acceptors (Lipinski definition) is 4. The predicted octanol–water partition coefficient (Wildman–Crippen LogP) is 8.97. The minimum Gasteiger partial charge on any atom is -0.726 e. The summed E-state index contributed by atoms with van der Waals surface area (Å²) in [4.78, 5) is 0. The molecule has 4 nitrogen and oxygen atoms in total. The summed E-state index contributed by atoms with van der Waals surface area (Å²) in [7, 11) is -4.51. The SMILES string of the molecule is CCCCCCCCCCCCCCCCCCCCCCCCCCCCCCCCCCOS(=O)(=O)[O-].[K+]. The van der Waals surface area contributed by atoms with Gasteiger partial charge in [0.05, 0.1) is 6.61 Å². The molecule has 0 N–H and O–H groups in total. The Kier molecular flexibility index (Phi) is 40.0. The van der Waals surface area contributed by atoms with E-state index in [1.165, 1.54) is 186 Å². The molecule has 0 aromatic rings. The van der Waals surface area contributed by atoms with Gasteiger partial charge in [-0.25, -0.2) is 8.42 Å². The van der Waals surface area contributed by atoms with Crippen molar-refractivity contribution >= 4 is 10.4 Å². The Balaban J connectivity index is 0. The van der Waals surface area contributed by atoms with Crippen molar-refractivity contribution in [3.05, 3.63) is 0 Å². The predicted molar refractivity (Wildman–Crippen MR) is 169 cm³/mol. The van der Waals surface area contributed by atoms with Crippen LogP contribution < -0.4 is 51.4 Å². The Bertz CT molecular complexity index is 556. The Morgan fingerprint density at radius 3 is 0.725 bits per heavy atom. The third-order valence-corrected chi connectivity index (χ3v) is 8.68. The molecule has 0 heterocycles. The molecular weight excluding hydrogens is 544 g/mol. The zero-order valence-electron chi connectivity index (χ0n) is 27.4. The van der Waals surface area contributed by atoms with E-state index < -0.39 is 10.4 Å². The van der Waals surface area contributed by atoms with Crippen molar-refractivity contribution in [2.24, 2.45) is 0 Å². The molecule has 0 rings (SSSR count). The van der Waals surface area contributed by atoms with E-state index in [0.29, 0.717) is 6.42 Å². The van der Waals surface area contributed by atoms with Crippen LogP contribution in [0.15, 0.2) is 0 Å². The van der Waals surface area contributed by atoms with E-state index >= 15 is 0 Å². The van der Waals surface area contributed by atoms with Gasteiger partial charge in [0.1, 0.15) is 0 Å². The van der Waals surface area contributed by atoms with Crippen LogP contribution in [-0.2, 0) is 14.6 Å². The van der Waals surface area contributed by atoms with Crippen LogP contribution in [0, 0.1) is 0 Å². The summed E-state index contributed by atoms with van der Waals surface area (Å²) >= 11 is 0. The maximum Gasteiger partial charge on any atom is 1.00 e. The molecular formula is C34H69KO4S. The van der Waals surface area contributed by atoms with E-state index in [1.54, 1.807) is 0 Å². The van der Waals surface area contributed by atoms with Gasteiger partial charge in [-0.2, -0.15) is 0 Å². The third kappa shape index (κ3) is 41.6. The fraction of sp³-hybridized carbons (Fsp3) is 1.00. The first-order chi connectivity index (χ1) is 19.1. The van der Waals surface area contributed by atoms with E-state index in [1.807, 2.05) is 0 Å². The van der Waals surface area contributed by atoms with Gasteiger partial charge in [0.25, 0.3) is 0 Å². The van der Waals surface area contributed by atoms with Gasteiger partial charge in [-0.1, -0.05) is 206 Å². The normalized spacial score (nSPS) is 11.7. The Hall–Kier alpha value is 1.51. The second kappa shape index (κ2) is 36.7. The van der Waals surface area contributed by atoms with Gasteiger partial charge in [-0.3, -0.25) is 4.18 Å². The van der Waals surface area contributed by atoms with Gasteiger partial charge >= 0.3 is 51.4 Å². The van der Waals surface area contributed by atoms with Crippen molar-refractivity contribution in [3.8, 4) is 0 Å². The molecule has 0 fully saturated rings. The molecule has 0 aliphatic carbocycles. The zero-order chi connectivity index (χ0) is 28.5. The van der Waals surface area contributed by atoms with Gasteiger partial charge in [-0.05, 0) is 6.42 Å². The fourth-order valence-corrected chi connectivity index (χ4v) is 5.96. The van der Waals surface area contributed by atoms with Crippen molar-refractivity contribution < 1.29 is 68.5 Å². The van der Waals surface area contributed by atoms with Crippen LogP contribution in [0.2, 0.25) is 0 Å². The average molecular weight is 613 g/mol. The molecule has 0 aliphatic heterocycles. The monoisotopic (exact) mass is 612 g/mol. The molecule has 0 radical (unpaired) electrons. The minimum atomic E-state index is -4.51. The summed E-state index contributed by atoms with van der Waals surface area (Å²) in [5.41, 5.74) is 0. The van der Waals surface area contributed by atoms with E-state index in [9.17, 15) is 13.0 Å². The molecule has 0 unspecified atom stereocenters. The van der Waals surface area contributed by atoms with Crippen molar-refractivity contribution in [2.75, 3.05) is 6.61 Å². The van der Waals surface area contributed by atoms with E-state index in [-0.39, 0.29) is 58.0 Å². The van der Waals surface area contributed by atoms with Gasteiger partial charge in [0.15, 0.2) is 0 Å². The van der Waals surface area contributed by atoms with Crippen LogP contribution >= 0.6 is 0 Å². The summed E-state index contributed by atoms with van der Waals surface area (Å²) in [6.45, 7) is 2.33. The van der Waals surface area contributed by atoms with Crippen molar-refractivity contribution in [1.82, 2.24) is 0 Å². The summed E-state index contributed by atoms with van der Waals surface area (Å²) in [6, 6.07) is 0. The molecule has 0 atom stereocenters. The molecule has 0 aliphatic rings. The fourth-order valence-electron chi connectivity index (χ4n) is 5.64. The molecule has 0 saturated carbocycles. The maximum atomic E-state index is 10.3. The number of rotatable bonds is 34. The molecule has 0 spiro atoms. The summed E-state index contributed by atoms with van der Waals surface area (Å²) in [6.07, 6.45) is 43.9. The van der Waals surface area contributed by atoms with Gasteiger partial charge in [0, 0.05) is 0 Å². The van der Waals surface area contributed by atoms with Crippen molar-refractivity contribution in [3.63, 3.8) is 0 Å². The first kappa shape index (κ1) is 43.6. The second-order valence-corrected chi connectivity index (χ2v) is 13.2.